The molecule has 1 aliphatic carbocycles. The zero-order valence-electron chi connectivity index (χ0n) is 9.12. The van der Waals surface area contributed by atoms with E-state index >= 15 is 0 Å². The number of rotatable bonds is 6. The van der Waals surface area contributed by atoms with Gasteiger partial charge in [0.05, 0.1) is 12.7 Å². The predicted octanol–water partition coefficient (Wildman–Crippen LogP) is 1.80. The van der Waals surface area contributed by atoms with Gasteiger partial charge >= 0.3 is 0 Å². The van der Waals surface area contributed by atoms with Crippen molar-refractivity contribution >= 4 is 5.78 Å². The number of Topliss-reactive ketones (excluding diaryl/α,β-unsaturated/α-hetero) is 1. The van der Waals surface area contributed by atoms with E-state index in [4.69, 9.17) is 9.47 Å². The molecule has 3 heteroatoms. The second-order valence-electron chi connectivity index (χ2n) is 3.98. The molecule has 0 bridgehead atoms. The van der Waals surface area contributed by atoms with Crippen LogP contribution >= 0.6 is 0 Å². The first-order chi connectivity index (χ1) is 6.74. The summed E-state index contributed by atoms with van der Waals surface area (Å²) in [4.78, 5) is 11.3. The number of hydrogen-bond acceptors (Lipinski definition) is 3. The standard InChI is InChI=1S/C11H20O3/c1-9(8-13-2)14-7-6-10-4-3-5-11(10)12/h9-10H,3-8H2,1-2H3. The highest BCUT2D eigenvalue weighted by Gasteiger charge is 2.23. The Bertz CT molecular complexity index is 179. The van der Waals surface area contributed by atoms with E-state index in [1.54, 1.807) is 7.11 Å². The second-order valence-corrected chi connectivity index (χ2v) is 3.98. The lowest BCUT2D eigenvalue weighted by Crippen LogP contribution is -2.18. The van der Waals surface area contributed by atoms with Crippen molar-refractivity contribution in [2.75, 3.05) is 20.3 Å². The van der Waals surface area contributed by atoms with Crippen LogP contribution in [0.15, 0.2) is 0 Å². The summed E-state index contributed by atoms with van der Waals surface area (Å²) >= 11 is 0. The summed E-state index contributed by atoms with van der Waals surface area (Å²) in [5.41, 5.74) is 0. The van der Waals surface area contributed by atoms with Crippen molar-refractivity contribution in [1.82, 2.24) is 0 Å². The predicted molar refractivity (Wildman–Crippen MR) is 54.3 cm³/mol. The Morgan fingerprint density at radius 1 is 1.57 bits per heavy atom. The zero-order valence-corrected chi connectivity index (χ0v) is 9.12. The van der Waals surface area contributed by atoms with E-state index in [1.807, 2.05) is 6.92 Å². The Hall–Kier alpha value is -0.410. The summed E-state index contributed by atoms with van der Waals surface area (Å²) < 4.78 is 10.5. The highest BCUT2D eigenvalue weighted by atomic mass is 16.5. The first kappa shape index (κ1) is 11.7. The van der Waals surface area contributed by atoms with Gasteiger partial charge in [-0.05, 0) is 26.2 Å². The SMILES string of the molecule is COCC(C)OCCC1CCCC1=O. The fourth-order valence-corrected chi connectivity index (χ4v) is 1.89. The molecule has 0 amide bonds. The maximum Gasteiger partial charge on any atom is 0.136 e. The molecule has 0 aromatic heterocycles. The summed E-state index contributed by atoms with van der Waals surface area (Å²) in [5, 5.41) is 0. The van der Waals surface area contributed by atoms with E-state index < -0.39 is 0 Å². The number of ketones is 1. The van der Waals surface area contributed by atoms with Crippen molar-refractivity contribution in [3.8, 4) is 0 Å². The van der Waals surface area contributed by atoms with E-state index in [2.05, 4.69) is 0 Å². The Kier molecular flexibility index (Phi) is 5.12. The normalized spacial score (nSPS) is 24.1. The molecule has 0 saturated heterocycles. The van der Waals surface area contributed by atoms with Gasteiger partial charge < -0.3 is 9.47 Å². The van der Waals surface area contributed by atoms with Crippen LogP contribution in [-0.4, -0.2) is 32.2 Å². The Morgan fingerprint density at radius 2 is 2.36 bits per heavy atom. The molecule has 0 spiro atoms. The first-order valence-corrected chi connectivity index (χ1v) is 5.37. The van der Waals surface area contributed by atoms with Gasteiger partial charge in [0.2, 0.25) is 0 Å². The molecule has 0 aromatic rings. The van der Waals surface area contributed by atoms with Crippen LogP contribution in [0.2, 0.25) is 0 Å². The number of methoxy groups -OCH3 is 1. The smallest absolute Gasteiger partial charge is 0.136 e. The lowest BCUT2D eigenvalue weighted by molar-refractivity contribution is -0.121. The van der Waals surface area contributed by atoms with Crippen molar-refractivity contribution < 1.29 is 14.3 Å². The van der Waals surface area contributed by atoms with Crippen LogP contribution in [0, 0.1) is 5.92 Å². The lowest BCUT2D eigenvalue weighted by atomic mass is 10.0. The van der Waals surface area contributed by atoms with E-state index in [1.165, 1.54) is 0 Å². The average Bonchev–Trinajstić information content (AvgIpc) is 2.52. The minimum atomic E-state index is 0.136. The molecule has 2 unspecified atom stereocenters. The van der Waals surface area contributed by atoms with Crippen LogP contribution < -0.4 is 0 Å². The summed E-state index contributed by atoms with van der Waals surface area (Å²) in [6, 6.07) is 0. The molecular weight excluding hydrogens is 180 g/mol. The molecule has 0 heterocycles. The van der Waals surface area contributed by atoms with Gasteiger partial charge in [-0.15, -0.1) is 0 Å². The second kappa shape index (κ2) is 6.14. The van der Waals surface area contributed by atoms with Gasteiger partial charge in [-0.2, -0.15) is 0 Å². The number of ether oxygens (including phenoxy) is 2. The topological polar surface area (TPSA) is 35.5 Å². The maximum atomic E-state index is 11.3. The van der Waals surface area contributed by atoms with Crippen molar-refractivity contribution in [1.29, 1.82) is 0 Å². The summed E-state index contributed by atoms with van der Waals surface area (Å²) in [7, 11) is 1.67. The Labute approximate surface area is 85.8 Å². The third-order valence-electron chi connectivity index (χ3n) is 2.70. The van der Waals surface area contributed by atoms with Crippen molar-refractivity contribution in [2.24, 2.45) is 5.92 Å². The minimum Gasteiger partial charge on any atom is -0.382 e. The molecule has 0 aliphatic heterocycles. The molecule has 1 fully saturated rings. The van der Waals surface area contributed by atoms with Crippen LogP contribution in [-0.2, 0) is 14.3 Å². The van der Waals surface area contributed by atoms with Crippen molar-refractivity contribution in [3.63, 3.8) is 0 Å². The number of carbonyl (C=O) groups is 1. The molecule has 1 rings (SSSR count). The third kappa shape index (κ3) is 3.76. The first-order valence-electron chi connectivity index (χ1n) is 5.37. The lowest BCUT2D eigenvalue weighted by Gasteiger charge is -2.13. The van der Waals surface area contributed by atoms with E-state index in [-0.39, 0.29) is 12.0 Å². The zero-order chi connectivity index (χ0) is 10.4. The summed E-state index contributed by atoms with van der Waals surface area (Å²) in [5.74, 6) is 0.692. The summed E-state index contributed by atoms with van der Waals surface area (Å²) in [6.45, 7) is 3.29. The molecule has 82 valence electrons. The van der Waals surface area contributed by atoms with Crippen LogP contribution in [0.1, 0.15) is 32.6 Å². The van der Waals surface area contributed by atoms with Crippen LogP contribution in [0.3, 0.4) is 0 Å². The van der Waals surface area contributed by atoms with Gasteiger partial charge in [0, 0.05) is 26.1 Å². The molecular formula is C11H20O3. The molecule has 2 atom stereocenters. The molecule has 0 N–H and O–H groups in total. The van der Waals surface area contributed by atoms with Gasteiger partial charge in [0.1, 0.15) is 5.78 Å². The highest BCUT2D eigenvalue weighted by molar-refractivity contribution is 5.82. The molecule has 1 saturated carbocycles. The highest BCUT2D eigenvalue weighted by Crippen LogP contribution is 2.24. The van der Waals surface area contributed by atoms with Crippen molar-refractivity contribution in [2.45, 2.75) is 38.7 Å². The Balaban J connectivity index is 2.05. The number of carbonyl (C=O) groups excluding carboxylic acids is 1. The van der Waals surface area contributed by atoms with Crippen LogP contribution in [0.4, 0.5) is 0 Å². The molecule has 0 radical (unpaired) electrons. The fraction of sp³-hybridized carbons (Fsp3) is 0.909. The molecule has 0 aromatic carbocycles. The summed E-state index contributed by atoms with van der Waals surface area (Å²) in [6.07, 6.45) is 3.92. The average molecular weight is 200 g/mol. The molecule has 3 nitrogen and oxygen atoms in total. The van der Waals surface area contributed by atoms with E-state index in [0.717, 1.165) is 25.7 Å². The number of hydrogen-bond donors (Lipinski definition) is 0. The van der Waals surface area contributed by atoms with E-state index in [9.17, 15) is 4.79 Å². The molecule has 14 heavy (non-hydrogen) atoms. The largest absolute Gasteiger partial charge is 0.382 e. The minimum absolute atomic E-state index is 0.136. The van der Waals surface area contributed by atoms with Crippen molar-refractivity contribution in [3.05, 3.63) is 0 Å². The van der Waals surface area contributed by atoms with E-state index in [0.29, 0.717) is 19.0 Å². The Morgan fingerprint density at radius 3 is 2.93 bits per heavy atom. The monoisotopic (exact) mass is 200 g/mol. The maximum absolute atomic E-state index is 11.3. The molecule has 1 aliphatic rings. The van der Waals surface area contributed by atoms with Gasteiger partial charge in [0.25, 0.3) is 0 Å². The van der Waals surface area contributed by atoms with Crippen LogP contribution in [0.5, 0.6) is 0 Å². The van der Waals surface area contributed by atoms with Gasteiger partial charge in [0.15, 0.2) is 0 Å². The van der Waals surface area contributed by atoms with Crippen LogP contribution in [0.25, 0.3) is 0 Å². The quantitative estimate of drug-likeness (QED) is 0.656. The van der Waals surface area contributed by atoms with Gasteiger partial charge in [-0.1, -0.05) is 0 Å². The third-order valence-corrected chi connectivity index (χ3v) is 2.70. The fourth-order valence-electron chi connectivity index (χ4n) is 1.89. The van der Waals surface area contributed by atoms with Gasteiger partial charge in [-0.25, -0.2) is 0 Å². The van der Waals surface area contributed by atoms with Gasteiger partial charge in [-0.3, -0.25) is 4.79 Å².